The Hall–Kier alpha value is -1.95. The Morgan fingerprint density at radius 2 is 1.31 bits per heavy atom. The van der Waals surface area contributed by atoms with Crippen LogP contribution >= 0.6 is 20.2 Å². The van der Waals surface area contributed by atoms with Crippen LogP contribution in [-0.4, -0.2) is 24.7 Å². The first-order chi connectivity index (χ1) is 16.4. The molecule has 0 bridgehead atoms. The van der Waals surface area contributed by atoms with Crippen LogP contribution in [0.15, 0.2) is 64.6 Å². The van der Waals surface area contributed by atoms with Crippen LogP contribution in [0.1, 0.15) is 41.9 Å². The Morgan fingerprint density at radius 3 is 1.80 bits per heavy atom. The van der Waals surface area contributed by atoms with Gasteiger partial charge in [0.15, 0.2) is 0 Å². The maximum atomic E-state index is 6.03. The first kappa shape index (κ1) is 29.3. The Labute approximate surface area is 225 Å². The normalized spacial score (nSPS) is 12.3. The summed E-state index contributed by atoms with van der Waals surface area (Å²) in [6.07, 6.45) is 0. The fourth-order valence-corrected chi connectivity index (χ4v) is 4.45. The van der Waals surface area contributed by atoms with Crippen molar-refractivity contribution in [3.8, 4) is 5.75 Å². The quantitative estimate of drug-likeness (QED) is 0.220. The molecule has 3 rings (SSSR count). The average Bonchev–Trinajstić information content (AvgIpc) is 2.77. The predicted molar refractivity (Wildman–Crippen MR) is 151 cm³/mol. The van der Waals surface area contributed by atoms with Crippen molar-refractivity contribution in [3.63, 3.8) is 0 Å². The summed E-state index contributed by atoms with van der Waals surface area (Å²) in [7, 11) is 7.92. The Balaban J connectivity index is 0.00000137. The molecule has 0 radical (unpaired) electrons. The summed E-state index contributed by atoms with van der Waals surface area (Å²) in [4.78, 5) is 14.5. The second-order valence-electron chi connectivity index (χ2n) is 9.31. The number of nitrogens with zero attached hydrogens (tertiary/aromatic N) is 3. The molecule has 188 valence electrons. The van der Waals surface area contributed by atoms with Crippen LogP contribution < -0.4 is 4.43 Å². The third-order valence-corrected chi connectivity index (χ3v) is 5.81. The minimum absolute atomic E-state index is 0.194. The van der Waals surface area contributed by atoms with Crippen molar-refractivity contribution in [3.05, 3.63) is 82.7 Å². The van der Waals surface area contributed by atoms with E-state index >= 15 is 0 Å². The van der Waals surface area contributed by atoms with Gasteiger partial charge in [0, 0.05) is 0 Å². The van der Waals surface area contributed by atoms with Gasteiger partial charge >= 0.3 is 33.3 Å². The summed E-state index contributed by atoms with van der Waals surface area (Å²) < 4.78 is 6.03. The molecule has 0 saturated heterocycles. The number of aliphatic imine (C=N–C) groups is 2. The van der Waals surface area contributed by atoms with Crippen molar-refractivity contribution in [2.45, 2.75) is 54.3 Å². The minimum atomic E-state index is -1.61. The van der Waals surface area contributed by atoms with Gasteiger partial charge in [0.2, 0.25) is 8.32 Å². The molecule has 0 amide bonds. The molecule has 1 aromatic heterocycles. The van der Waals surface area contributed by atoms with E-state index in [1.54, 1.807) is 0 Å². The Kier molecular flexibility index (Phi) is 11.2. The van der Waals surface area contributed by atoms with Crippen LogP contribution in [-0.2, 0) is 13.1 Å². The second kappa shape index (κ2) is 13.4. The molecule has 0 saturated carbocycles. The van der Waals surface area contributed by atoms with Gasteiger partial charge in [-0.25, -0.2) is 4.98 Å². The van der Waals surface area contributed by atoms with Gasteiger partial charge < -0.3 is 4.43 Å². The fraction of sp³-hybridized carbons (Fsp3) is 0.296. The zero-order valence-electron chi connectivity index (χ0n) is 21.6. The molecule has 35 heavy (non-hydrogen) atoms. The summed E-state index contributed by atoms with van der Waals surface area (Å²) in [5, 5.41) is 0. The van der Waals surface area contributed by atoms with E-state index in [2.05, 4.69) is 52.5 Å². The zero-order valence-corrected chi connectivity index (χ0v) is 25.2. The van der Waals surface area contributed by atoms with Gasteiger partial charge in [0.05, 0.1) is 34.2 Å². The van der Waals surface area contributed by atoms with E-state index in [1.165, 1.54) is 16.7 Å². The van der Waals surface area contributed by atoms with E-state index in [4.69, 9.17) is 39.6 Å². The van der Waals surface area contributed by atoms with E-state index in [0.717, 1.165) is 39.9 Å². The number of benzene rings is 2. The molecule has 2 aromatic carbocycles. The van der Waals surface area contributed by atoms with Gasteiger partial charge in [-0.3, -0.25) is 9.98 Å². The zero-order chi connectivity index (χ0) is 26.2. The van der Waals surface area contributed by atoms with E-state index < -0.39 is 8.32 Å². The van der Waals surface area contributed by atoms with Crippen LogP contribution in [0.2, 0.25) is 19.6 Å². The molecular formula is C27H33Cl2FeN3OSi. The third kappa shape index (κ3) is 9.55. The van der Waals surface area contributed by atoms with Crippen molar-refractivity contribution < 1.29 is 17.6 Å². The van der Waals surface area contributed by atoms with E-state index in [9.17, 15) is 0 Å². The SMILES string of the molecule is CC(=Nc1ccc(O[Si](C)(C)C)cc1)c1cccc(C(C)=Nc2c(C)cc(C)cc2C)n1.[Cl][Fe][Cl]. The van der Waals surface area contributed by atoms with Gasteiger partial charge in [-0.05, 0) is 102 Å². The number of aryl methyl sites for hydroxylation is 3. The topological polar surface area (TPSA) is 46.8 Å². The summed E-state index contributed by atoms with van der Waals surface area (Å²) in [6.45, 7) is 16.8. The van der Waals surface area contributed by atoms with Gasteiger partial charge in [-0.2, -0.15) is 0 Å². The Morgan fingerprint density at radius 1 is 0.829 bits per heavy atom. The molecule has 0 aliphatic rings. The molecule has 0 atom stereocenters. The fourth-order valence-electron chi connectivity index (χ4n) is 3.60. The molecule has 0 aliphatic carbocycles. The van der Waals surface area contributed by atoms with Crippen LogP contribution in [0, 0.1) is 20.8 Å². The van der Waals surface area contributed by atoms with Crippen molar-refractivity contribution in [2.75, 3.05) is 0 Å². The molecule has 4 nitrogen and oxygen atoms in total. The molecule has 3 aromatic rings. The Bertz CT molecular complexity index is 1180. The molecule has 0 fully saturated rings. The van der Waals surface area contributed by atoms with Crippen molar-refractivity contribution in [2.24, 2.45) is 9.98 Å². The number of halogens is 2. The standard InChI is InChI=1S/C27H33N3OSi.2ClH.Fe/c1-18-16-19(2)27(20(3)17-18)29-22(5)26-11-9-10-25(30-26)21(4)28-23-12-14-24(15-13-23)31-32(6,7)8;;;/h9-17H,1-8H3;2*1H;/q;;;+2/p-2. The van der Waals surface area contributed by atoms with Crippen molar-refractivity contribution in [1.82, 2.24) is 4.98 Å². The number of hydrogen-bond donors (Lipinski definition) is 0. The first-order valence-electron chi connectivity index (χ1n) is 11.2. The number of pyridine rings is 1. The number of rotatable bonds is 6. The van der Waals surface area contributed by atoms with Crippen LogP contribution in [0.5, 0.6) is 5.75 Å². The molecule has 0 spiro atoms. The van der Waals surface area contributed by atoms with Gasteiger partial charge in [0.25, 0.3) is 0 Å². The molecule has 8 heteroatoms. The van der Waals surface area contributed by atoms with Crippen LogP contribution in [0.4, 0.5) is 11.4 Å². The van der Waals surface area contributed by atoms with Crippen LogP contribution in [0.3, 0.4) is 0 Å². The molecular weight excluding hydrogens is 537 g/mol. The summed E-state index contributed by atoms with van der Waals surface area (Å²) in [5.74, 6) is 0.898. The summed E-state index contributed by atoms with van der Waals surface area (Å²) in [5.41, 5.74) is 8.97. The third-order valence-electron chi connectivity index (χ3n) is 4.96. The molecule has 0 aliphatic heterocycles. The maximum absolute atomic E-state index is 6.03. The van der Waals surface area contributed by atoms with Gasteiger partial charge in [-0.15, -0.1) is 0 Å². The number of hydrogen-bond acceptors (Lipinski definition) is 4. The van der Waals surface area contributed by atoms with E-state index in [0.29, 0.717) is 0 Å². The number of aromatic nitrogens is 1. The second-order valence-corrected chi connectivity index (χ2v) is 15.6. The monoisotopic (exact) mass is 569 g/mol. The van der Waals surface area contributed by atoms with Crippen molar-refractivity contribution >= 4 is 51.3 Å². The molecule has 0 unspecified atom stereocenters. The van der Waals surface area contributed by atoms with Crippen LogP contribution in [0.25, 0.3) is 0 Å². The first-order valence-corrected chi connectivity index (χ1v) is 17.7. The molecule has 1 heterocycles. The predicted octanol–water partition coefficient (Wildman–Crippen LogP) is 8.88. The van der Waals surface area contributed by atoms with Gasteiger partial charge in [0.1, 0.15) is 5.75 Å². The average molecular weight is 570 g/mol. The van der Waals surface area contributed by atoms with Crippen molar-refractivity contribution in [1.29, 1.82) is 0 Å². The summed E-state index contributed by atoms with van der Waals surface area (Å²) in [6, 6.07) is 18.3. The summed E-state index contributed by atoms with van der Waals surface area (Å²) >= 11 is 0.194. The van der Waals surface area contributed by atoms with E-state index in [1.807, 2.05) is 56.3 Å². The van der Waals surface area contributed by atoms with Gasteiger partial charge in [-0.1, -0.05) is 23.8 Å². The molecule has 0 N–H and O–H groups in total. The van der Waals surface area contributed by atoms with E-state index in [-0.39, 0.29) is 13.1 Å².